The zero-order valence-corrected chi connectivity index (χ0v) is 12.3. The van der Waals surface area contributed by atoms with Gasteiger partial charge in [-0.05, 0) is 30.7 Å². The van der Waals surface area contributed by atoms with E-state index in [2.05, 4.69) is 25.4 Å². The van der Waals surface area contributed by atoms with Gasteiger partial charge >= 0.3 is 0 Å². The van der Waals surface area contributed by atoms with Crippen LogP contribution in [0.25, 0.3) is 5.95 Å². The van der Waals surface area contributed by atoms with E-state index in [1.54, 1.807) is 43.0 Å². The zero-order chi connectivity index (χ0) is 16.2. The fourth-order valence-corrected chi connectivity index (χ4v) is 2.07. The van der Waals surface area contributed by atoms with Crippen LogP contribution >= 0.6 is 0 Å². The number of H-pyrrole nitrogens is 1. The summed E-state index contributed by atoms with van der Waals surface area (Å²) in [5.74, 6) is -0.242. The molecule has 3 heterocycles. The second kappa shape index (κ2) is 6.22. The number of aromatic nitrogens is 5. The molecule has 0 radical (unpaired) electrons. The number of carbonyl (C=O) groups excluding carboxylic acids is 1. The van der Waals surface area contributed by atoms with E-state index in [4.69, 9.17) is 0 Å². The van der Waals surface area contributed by atoms with Crippen LogP contribution in [0.4, 0.5) is 0 Å². The van der Waals surface area contributed by atoms with E-state index in [0.717, 1.165) is 5.56 Å². The van der Waals surface area contributed by atoms with E-state index in [9.17, 15) is 9.59 Å². The van der Waals surface area contributed by atoms with Crippen LogP contribution in [-0.2, 0) is 0 Å². The van der Waals surface area contributed by atoms with Crippen LogP contribution in [0.5, 0.6) is 0 Å². The number of nitrogens with zero attached hydrogens (tertiary/aromatic N) is 4. The Morgan fingerprint density at radius 2 is 2.09 bits per heavy atom. The van der Waals surface area contributed by atoms with Crippen molar-refractivity contribution in [3.63, 3.8) is 0 Å². The minimum atomic E-state index is -0.523. The number of rotatable bonds is 4. The SMILES string of the molecule is CC(NC(=O)c1cnc(-n2cccn2)[nH]c1=O)c1ccncc1. The van der Waals surface area contributed by atoms with Crippen LogP contribution in [0.15, 0.2) is 54.0 Å². The summed E-state index contributed by atoms with van der Waals surface area (Å²) in [5.41, 5.74) is 0.317. The van der Waals surface area contributed by atoms with Crippen molar-refractivity contribution in [2.24, 2.45) is 0 Å². The van der Waals surface area contributed by atoms with Crippen LogP contribution in [-0.4, -0.2) is 30.6 Å². The normalized spacial score (nSPS) is 11.9. The highest BCUT2D eigenvalue weighted by atomic mass is 16.2. The Morgan fingerprint density at radius 3 is 2.74 bits per heavy atom. The lowest BCUT2D eigenvalue weighted by atomic mass is 10.1. The minimum Gasteiger partial charge on any atom is -0.345 e. The van der Waals surface area contributed by atoms with Crippen molar-refractivity contribution in [1.29, 1.82) is 0 Å². The Labute approximate surface area is 131 Å². The van der Waals surface area contributed by atoms with Gasteiger partial charge in [-0.2, -0.15) is 5.10 Å². The van der Waals surface area contributed by atoms with Crippen molar-refractivity contribution in [1.82, 2.24) is 30.0 Å². The summed E-state index contributed by atoms with van der Waals surface area (Å²) in [6.45, 7) is 1.83. The Morgan fingerprint density at radius 1 is 1.30 bits per heavy atom. The van der Waals surface area contributed by atoms with E-state index in [-0.39, 0.29) is 17.6 Å². The Balaban J connectivity index is 1.79. The number of carbonyl (C=O) groups is 1. The third kappa shape index (κ3) is 3.15. The molecule has 23 heavy (non-hydrogen) atoms. The first-order valence-corrected chi connectivity index (χ1v) is 6.95. The van der Waals surface area contributed by atoms with Gasteiger partial charge in [0.2, 0.25) is 5.95 Å². The maximum absolute atomic E-state index is 12.2. The first-order chi connectivity index (χ1) is 11.1. The fourth-order valence-electron chi connectivity index (χ4n) is 2.07. The summed E-state index contributed by atoms with van der Waals surface area (Å²) in [6.07, 6.45) is 7.74. The molecule has 3 rings (SSSR count). The molecule has 3 aromatic rings. The molecule has 0 aliphatic heterocycles. The standard InChI is InChI=1S/C15H14N6O2/c1-10(11-3-6-16-7-4-11)19-13(22)12-9-17-15(20-14(12)23)21-8-2-5-18-21/h2-10H,1H3,(H,19,22)(H,17,20,23). The molecule has 0 aliphatic carbocycles. The fraction of sp³-hybridized carbons (Fsp3) is 0.133. The average Bonchev–Trinajstić information content (AvgIpc) is 3.10. The van der Waals surface area contributed by atoms with Crippen molar-refractivity contribution in [3.8, 4) is 5.95 Å². The van der Waals surface area contributed by atoms with Gasteiger partial charge in [-0.1, -0.05) is 0 Å². The number of pyridine rings is 1. The number of hydrogen-bond donors (Lipinski definition) is 2. The second-order valence-corrected chi connectivity index (χ2v) is 4.88. The molecule has 2 N–H and O–H groups in total. The molecule has 8 nitrogen and oxygen atoms in total. The highest BCUT2D eigenvalue weighted by molar-refractivity contribution is 5.93. The van der Waals surface area contributed by atoms with Crippen LogP contribution in [0, 0.1) is 0 Å². The Bertz CT molecular complexity index is 857. The minimum absolute atomic E-state index is 0.0539. The lowest BCUT2D eigenvalue weighted by Gasteiger charge is -2.13. The molecule has 0 fully saturated rings. The summed E-state index contributed by atoms with van der Waals surface area (Å²) in [6, 6.07) is 5.05. The number of hydrogen-bond acceptors (Lipinski definition) is 5. The molecule has 0 saturated heterocycles. The molecule has 3 aromatic heterocycles. The van der Waals surface area contributed by atoms with E-state index in [1.165, 1.54) is 10.9 Å². The first-order valence-electron chi connectivity index (χ1n) is 6.95. The van der Waals surface area contributed by atoms with E-state index >= 15 is 0 Å². The van der Waals surface area contributed by atoms with Crippen LogP contribution in [0.2, 0.25) is 0 Å². The van der Waals surface area contributed by atoms with Gasteiger partial charge in [0.15, 0.2) is 0 Å². The third-order valence-electron chi connectivity index (χ3n) is 3.31. The highest BCUT2D eigenvalue weighted by Gasteiger charge is 2.15. The average molecular weight is 310 g/mol. The van der Waals surface area contributed by atoms with E-state index in [1.807, 2.05) is 6.92 Å². The lowest BCUT2D eigenvalue weighted by Crippen LogP contribution is -2.32. The molecular formula is C15H14N6O2. The molecule has 1 unspecified atom stereocenters. The largest absolute Gasteiger partial charge is 0.345 e. The molecule has 8 heteroatoms. The molecule has 0 saturated carbocycles. The highest BCUT2D eigenvalue weighted by Crippen LogP contribution is 2.10. The number of amides is 1. The van der Waals surface area contributed by atoms with Gasteiger partial charge in [-0.25, -0.2) is 9.67 Å². The maximum atomic E-state index is 12.2. The van der Waals surface area contributed by atoms with Gasteiger partial charge in [-0.15, -0.1) is 0 Å². The summed E-state index contributed by atoms with van der Waals surface area (Å²) < 4.78 is 1.41. The molecular weight excluding hydrogens is 296 g/mol. The van der Waals surface area contributed by atoms with Gasteiger partial charge in [0.25, 0.3) is 11.5 Å². The van der Waals surface area contributed by atoms with Gasteiger partial charge in [0.1, 0.15) is 5.56 Å². The van der Waals surface area contributed by atoms with Crippen molar-refractivity contribution in [2.45, 2.75) is 13.0 Å². The Hall–Kier alpha value is -3.29. The quantitative estimate of drug-likeness (QED) is 0.743. The predicted octanol–water partition coefficient (Wildman–Crippen LogP) is 0.842. The molecule has 1 atom stereocenters. The summed E-state index contributed by atoms with van der Waals surface area (Å²) >= 11 is 0. The molecule has 116 valence electrons. The lowest BCUT2D eigenvalue weighted by molar-refractivity contribution is 0.0938. The number of nitrogens with one attached hydrogen (secondary N) is 2. The van der Waals surface area contributed by atoms with Gasteiger partial charge in [0, 0.05) is 31.0 Å². The first kappa shape index (κ1) is 14.6. The molecule has 0 aliphatic rings. The van der Waals surface area contributed by atoms with Gasteiger partial charge in [-0.3, -0.25) is 19.6 Å². The number of aromatic amines is 1. The summed E-state index contributed by atoms with van der Waals surface area (Å²) in [5, 5.41) is 6.73. The van der Waals surface area contributed by atoms with Crippen LogP contribution in [0.3, 0.4) is 0 Å². The monoisotopic (exact) mass is 310 g/mol. The molecule has 0 bridgehead atoms. The van der Waals surface area contributed by atoms with Crippen molar-refractivity contribution >= 4 is 5.91 Å². The van der Waals surface area contributed by atoms with Crippen molar-refractivity contribution < 1.29 is 4.79 Å². The zero-order valence-electron chi connectivity index (χ0n) is 12.3. The third-order valence-corrected chi connectivity index (χ3v) is 3.31. The topological polar surface area (TPSA) is 106 Å². The second-order valence-electron chi connectivity index (χ2n) is 4.88. The molecule has 1 amide bonds. The smallest absolute Gasteiger partial charge is 0.265 e. The predicted molar refractivity (Wildman–Crippen MR) is 82.1 cm³/mol. The van der Waals surface area contributed by atoms with Crippen LogP contribution < -0.4 is 10.9 Å². The Kier molecular flexibility index (Phi) is 3.96. The van der Waals surface area contributed by atoms with Gasteiger partial charge in [0.05, 0.1) is 6.04 Å². The maximum Gasteiger partial charge on any atom is 0.265 e. The van der Waals surface area contributed by atoms with Gasteiger partial charge < -0.3 is 5.32 Å². The van der Waals surface area contributed by atoms with E-state index in [0.29, 0.717) is 0 Å². The molecule has 0 spiro atoms. The molecule has 0 aromatic carbocycles. The van der Waals surface area contributed by atoms with Crippen molar-refractivity contribution in [3.05, 3.63) is 70.7 Å². The summed E-state index contributed by atoms with van der Waals surface area (Å²) in [4.78, 5) is 34.8. The van der Waals surface area contributed by atoms with Crippen LogP contribution in [0.1, 0.15) is 28.9 Å². The van der Waals surface area contributed by atoms with Crippen molar-refractivity contribution in [2.75, 3.05) is 0 Å². The van der Waals surface area contributed by atoms with E-state index < -0.39 is 11.5 Å². The summed E-state index contributed by atoms with van der Waals surface area (Å²) in [7, 11) is 0.